The highest BCUT2D eigenvalue weighted by Crippen LogP contribution is 2.45. The summed E-state index contributed by atoms with van der Waals surface area (Å²) in [6.07, 6.45) is 0.448. The summed E-state index contributed by atoms with van der Waals surface area (Å²) in [6, 6.07) is 26.5. The molecule has 0 aliphatic carbocycles. The van der Waals surface area contributed by atoms with Crippen LogP contribution in [0.1, 0.15) is 34.3 Å². The predicted molar refractivity (Wildman–Crippen MR) is 122 cm³/mol. The summed E-state index contributed by atoms with van der Waals surface area (Å²) in [6.45, 7) is 8.41. The molecule has 0 bridgehead atoms. The molecular weight excluding hydrogens is 370 g/mol. The van der Waals surface area contributed by atoms with Crippen molar-refractivity contribution in [2.75, 3.05) is 5.32 Å². The zero-order valence-electron chi connectivity index (χ0n) is 16.7. The van der Waals surface area contributed by atoms with Crippen LogP contribution in [0.25, 0.3) is 11.1 Å². The van der Waals surface area contributed by atoms with Gasteiger partial charge >= 0.3 is 0 Å². The van der Waals surface area contributed by atoms with Crippen LogP contribution in [0.15, 0.2) is 98.1 Å². The first-order chi connectivity index (χ1) is 14.5. The lowest BCUT2D eigenvalue weighted by Gasteiger charge is -2.37. The lowest BCUT2D eigenvalue weighted by atomic mass is 9.67. The average molecular weight is 393 g/mol. The van der Waals surface area contributed by atoms with E-state index < -0.39 is 5.41 Å². The summed E-state index contributed by atoms with van der Waals surface area (Å²) in [5, 5.41) is 2.95. The van der Waals surface area contributed by atoms with Crippen molar-refractivity contribution in [1.82, 2.24) is 0 Å². The van der Waals surface area contributed by atoms with Crippen LogP contribution in [0.4, 0.5) is 5.69 Å². The van der Waals surface area contributed by atoms with Gasteiger partial charge in [0.05, 0.1) is 5.69 Å². The van der Waals surface area contributed by atoms with Gasteiger partial charge in [-0.1, -0.05) is 86.0 Å². The molecular formula is C27H23NO2. The fraction of sp³-hybridized carbons (Fsp3) is 0.111. The summed E-state index contributed by atoms with van der Waals surface area (Å²) in [7, 11) is 0. The number of hydrogen-bond acceptors (Lipinski definition) is 2. The Balaban J connectivity index is 1.77. The van der Waals surface area contributed by atoms with Crippen molar-refractivity contribution in [3.8, 4) is 0 Å². The number of nitrogens with one attached hydrogen (secondary N) is 1. The number of rotatable bonds is 6. The minimum absolute atomic E-state index is 0.184. The maximum Gasteiger partial charge on any atom is 0.239 e. The van der Waals surface area contributed by atoms with Crippen LogP contribution in [0.3, 0.4) is 0 Å². The zero-order chi connectivity index (χ0) is 21.1. The largest absolute Gasteiger partial charge is 0.325 e. The van der Waals surface area contributed by atoms with Crippen LogP contribution in [0, 0.1) is 5.41 Å². The smallest absolute Gasteiger partial charge is 0.239 e. The Morgan fingerprint density at radius 3 is 1.70 bits per heavy atom. The van der Waals surface area contributed by atoms with Gasteiger partial charge in [-0.3, -0.25) is 9.59 Å². The van der Waals surface area contributed by atoms with Gasteiger partial charge in [0.25, 0.3) is 0 Å². The zero-order valence-corrected chi connectivity index (χ0v) is 16.7. The first-order valence-corrected chi connectivity index (χ1v) is 9.93. The monoisotopic (exact) mass is 393 g/mol. The minimum atomic E-state index is -1.30. The highest BCUT2D eigenvalue weighted by molar-refractivity contribution is 6.25. The van der Waals surface area contributed by atoms with Crippen LogP contribution >= 0.6 is 0 Å². The second-order valence-electron chi connectivity index (χ2n) is 7.70. The van der Waals surface area contributed by atoms with Gasteiger partial charge in [-0.15, -0.1) is 0 Å². The molecule has 3 nitrogen and oxygen atoms in total. The van der Waals surface area contributed by atoms with Crippen LogP contribution < -0.4 is 5.32 Å². The third-order valence-corrected chi connectivity index (χ3v) is 5.68. The van der Waals surface area contributed by atoms with Gasteiger partial charge in [-0.25, -0.2) is 0 Å². The first-order valence-electron chi connectivity index (χ1n) is 9.93. The summed E-state index contributed by atoms with van der Waals surface area (Å²) in [5.41, 5.74) is 3.12. The molecule has 0 fully saturated rings. The van der Waals surface area contributed by atoms with Crippen LogP contribution in [0.5, 0.6) is 0 Å². The van der Waals surface area contributed by atoms with Crippen LogP contribution in [-0.4, -0.2) is 11.7 Å². The Bertz CT molecular complexity index is 1080. The highest BCUT2D eigenvalue weighted by Gasteiger charge is 2.50. The fourth-order valence-corrected chi connectivity index (χ4v) is 4.06. The van der Waals surface area contributed by atoms with Crippen molar-refractivity contribution in [3.05, 3.63) is 115 Å². The molecule has 1 heterocycles. The van der Waals surface area contributed by atoms with Crippen molar-refractivity contribution >= 4 is 28.5 Å². The normalized spacial score (nSPS) is 14.5. The molecule has 148 valence electrons. The number of anilines is 1. The second kappa shape index (κ2) is 7.96. The van der Waals surface area contributed by atoms with Gasteiger partial charge in [0.2, 0.25) is 5.91 Å². The predicted octanol–water partition coefficient (Wildman–Crippen LogP) is 6.01. The number of Topliss-reactive ketones (excluding diaryl/α,β-unsaturated/α-hetero) is 1. The van der Waals surface area contributed by atoms with E-state index >= 15 is 0 Å². The number of allylic oxidation sites excluding steroid dienone is 2. The van der Waals surface area contributed by atoms with Crippen molar-refractivity contribution < 1.29 is 9.59 Å². The molecule has 1 aliphatic rings. The number of carbonyl (C=O) groups is 2. The Morgan fingerprint density at radius 1 is 0.700 bits per heavy atom. The maximum absolute atomic E-state index is 13.7. The Kier molecular flexibility index (Phi) is 5.20. The number of amides is 1. The molecule has 4 rings (SSSR count). The number of fused-ring (bicyclic) bond motifs is 1. The van der Waals surface area contributed by atoms with Gasteiger partial charge in [0, 0.05) is 5.56 Å². The van der Waals surface area contributed by atoms with Gasteiger partial charge in [0.1, 0.15) is 5.41 Å². The van der Waals surface area contributed by atoms with Crippen LogP contribution in [-0.2, 0) is 4.79 Å². The summed E-state index contributed by atoms with van der Waals surface area (Å²) in [5.74, 6) is -0.489. The van der Waals surface area contributed by atoms with Gasteiger partial charge in [-0.05, 0) is 47.2 Å². The van der Waals surface area contributed by atoms with E-state index in [9.17, 15) is 9.59 Å². The average Bonchev–Trinajstić information content (AvgIpc) is 2.78. The first kappa shape index (κ1) is 19.6. The molecule has 1 aliphatic heterocycles. The second-order valence-corrected chi connectivity index (χ2v) is 7.70. The molecule has 3 aromatic rings. The Hall–Kier alpha value is -3.72. The van der Waals surface area contributed by atoms with E-state index in [0.717, 1.165) is 22.3 Å². The molecule has 1 amide bonds. The van der Waals surface area contributed by atoms with E-state index in [1.807, 2.05) is 72.8 Å². The van der Waals surface area contributed by atoms with Crippen molar-refractivity contribution in [2.24, 2.45) is 5.41 Å². The molecule has 1 N–H and O–H groups in total. The number of ketones is 1. The topological polar surface area (TPSA) is 46.2 Å². The number of para-hydroxylation sites is 1. The summed E-state index contributed by atoms with van der Waals surface area (Å²) in [4.78, 5) is 27.1. The maximum atomic E-state index is 13.7. The van der Waals surface area contributed by atoms with Crippen LogP contribution in [0.2, 0.25) is 0 Å². The molecule has 0 saturated heterocycles. The van der Waals surface area contributed by atoms with E-state index in [-0.39, 0.29) is 24.5 Å². The van der Waals surface area contributed by atoms with Gasteiger partial charge in [-0.2, -0.15) is 0 Å². The standard InChI is InChI=1S/C27H23NO2/c1-19(21-11-5-3-6-12-21)17-27(18-20(2)22-13-7-4-8-14-22)25(29)23-15-9-10-16-24(23)28-26(27)30/h3-16H,1-2,17-18H2,(H,28,30). The molecule has 0 unspecified atom stereocenters. The molecule has 0 atom stereocenters. The fourth-order valence-electron chi connectivity index (χ4n) is 4.06. The highest BCUT2D eigenvalue weighted by atomic mass is 16.2. The summed E-state index contributed by atoms with van der Waals surface area (Å²) < 4.78 is 0. The van der Waals surface area contributed by atoms with Crippen molar-refractivity contribution in [3.63, 3.8) is 0 Å². The lowest BCUT2D eigenvalue weighted by Crippen LogP contribution is -2.47. The molecule has 3 heteroatoms. The van der Waals surface area contributed by atoms with Crippen molar-refractivity contribution in [1.29, 1.82) is 0 Å². The van der Waals surface area contributed by atoms with E-state index in [4.69, 9.17) is 0 Å². The minimum Gasteiger partial charge on any atom is -0.325 e. The molecule has 0 saturated carbocycles. The third-order valence-electron chi connectivity index (χ3n) is 5.68. The molecule has 0 radical (unpaired) electrons. The van der Waals surface area contributed by atoms with Crippen molar-refractivity contribution in [2.45, 2.75) is 12.8 Å². The number of benzene rings is 3. The number of carbonyl (C=O) groups excluding carboxylic acids is 2. The number of hydrogen-bond donors (Lipinski definition) is 1. The molecule has 0 aromatic heterocycles. The Labute approximate surface area is 176 Å². The van der Waals surface area contributed by atoms with E-state index in [1.54, 1.807) is 12.1 Å². The van der Waals surface area contributed by atoms with E-state index in [1.165, 1.54) is 0 Å². The third kappa shape index (κ3) is 3.50. The molecule has 0 spiro atoms. The van der Waals surface area contributed by atoms with E-state index in [0.29, 0.717) is 11.3 Å². The van der Waals surface area contributed by atoms with Gasteiger partial charge < -0.3 is 5.32 Å². The quantitative estimate of drug-likeness (QED) is 0.521. The molecule has 3 aromatic carbocycles. The lowest BCUT2D eigenvalue weighted by molar-refractivity contribution is -0.123. The Morgan fingerprint density at radius 2 is 1.17 bits per heavy atom. The van der Waals surface area contributed by atoms with Gasteiger partial charge in [0.15, 0.2) is 5.78 Å². The summed E-state index contributed by atoms with van der Waals surface area (Å²) >= 11 is 0. The van der Waals surface area contributed by atoms with E-state index in [2.05, 4.69) is 18.5 Å². The molecule has 30 heavy (non-hydrogen) atoms. The SMILES string of the molecule is C=C(CC1(CC(=C)c2ccccc2)C(=O)Nc2ccccc2C1=O)c1ccccc1.